The molecule has 1 fully saturated rings. The molecule has 1 aliphatic rings. The molecule has 8 nitrogen and oxygen atoms in total. The summed E-state index contributed by atoms with van der Waals surface area (Å²) in [7, 11) is 1.28. The highest BCUT2D eigenvalue weighted by atomic mass is 16.5. The quantitative estimate of drug-likeness (QED) is 0.311. The van der Waals surface area contributed by atoms with Gasteiger partial charge in [0, 0.05) is 13.0 Å². The van der Waals surface area contributed by atoms with Crippen LogP contribution in [0.4, 0.5) is 0 Å². The lowest BCUT2D eigenvalue weighted by Crippen LogP contribution is -2.60. The molecule has 8 heteroatoms. The molecule has 2 rings (SSSR count). The van der Waals surface area contributed by atoms with Gasteiger partial charge in [0.2, 0.25) is 11.8 Å². The van der Waals surface area contributed by atoms with E-state index in [4.69, 9.17) is 9.47 Å². The molecule has 30 heavy (non-hydrogen) atoms. The molecule has 1 aromatic carbocycles. The minimum atomic E-state index is -0.812. The molecule has 0 aromatic heterocycles. The first-order chi connectivity index (χ1) is 14.5. The number of esters is 1. The number of hydrogen-bond acceptors (Lipinski definition) is 6. The molecular weight excluding hydrogens is 388 g/mol. The molecule has 0 saturated carbocycles. The van der Waals surface area contributed by atoms with Crippen molar-refractivity contribution < 1.29 is 28.7 Å². The lowest BCUT2D eigenvalue weighted by Gasteiger charge is -2.39. The summed E-state index contributed by atoms with van der Waals surface area (Å²) in [4.78, 5) is 50.9. The lowest BCUT2D eigenvalue weighted by atomic mass is 10.1. The van der Waals surface area contributed by atoms with Gasteiger partial charge >= 0.3 is 5.97 Å². The van der Waals surface area contributed by atoms with Gasteiger partial charge in [0.1, 0.15) is 18.3 Å². The standard InChI is InChI=1S/C22H30N2O6/c1-3-4-5-6-7-8-20(26)24-15-21(27)23(14-19(24)22(28)29-2)13-17-9-11-18(12-10-17)30-16-25/h9-12,16,19H,3-8,13-15H2,1-2H3/t19-/m1/s1. The van der Waals surface area contributed by atoms with Gasteiger partial charge in [-0.15, -0.1) is 0 Å². The van der Waals surface area contributed by atoms with Gasteiger partial charge < -0.3 is 19.3 Å². The van der Waals surface area contributed by atoms with Crippen molar-refractivity contribution in [2.75, 3.05) is 20.2 Å². The first-order valence-electron chi connectivity index (χ1n) is 10.3. The third-order valence-corrected chi connectivity index (χ3v) is 5.20. The van der Waals surface area contributed by atoms with Crippen molar-refractivity contribution in [3.05, 3.63) is 29.8 Å². The zero-order valence-electron chi connectivity index (χ0n) is 17.7. The van der Waals surface area contributed by atoms with Crippen LogP contribution >= 0.6 is 0 Å². The van der Waals surface area contributed by atoms with E-state index in [9.17, 15) is 19.2 Å². The van der Waals surface area contributed by atoms with E-state index in [0.29, 0.717) is 18.6 Å². The van der Waals surface area contributed by atoms with Crippen molar-refractivity contribution in [2.45, 2.75) is 58.0 Å². The smallest absolute Gasteiger partial charge is 0.330 e. The van der Waals surface area contributed by atoms with E-state index < -0.39 is 12.0 Å². The molecule has 0 bridgehead atoms. The SMILES string of the molecule is CCCCCCCC(=O)N1CC(=O)N(Cc2ccc(OC=O)cc2)C[C@@H]1C(=O)OC. The largest absolute Gasteiger partial charge is 0.467 e. The minimum Gasteiger partial charge on any atom is -0.467 e. The summed E-state index contributed by atoms with van der Waals surface area (Å²) in [6, 6.07) is 5.93. The Labute approximate surface area is 177 Å². The Balaban J connectivity index is 2.01. The summed E-state index contributed by atoms with van der Waals surface area (Å²) < 4.78 is 9.65. The fourth-order valence-electron chi connectivity index (χ4n) is 3.49. The van der Waals surface area contributed by atoms with Gasteiger partial charge in [-0.2, -0.15) is 0 Å². The molecule has 0 spiro atoms. The Morgan fingerprint density at radius 1 is 1.13 bits per heavy atom. The molecule has 0 aliphatic carbocycles. The van der Waals surface area contributed by atoms with E-state index in [1.807, 2.05) is 0 Å². The third kappa shape index (κ3) is 6.57. The van der Waals surface area contributed by atoms with E-state index in [0.717, 1.165) is 37.7 Å². The van der Waals surface area contributed by atoms with Crippen molar-refractivity contribution in [3.63, 3.8) is 0 Å². The normalized spacial score (nSPS) is 16.3. The molecule has 1 aromatic rings. The predicted molar refractivity (Wildman–Crippen MR) is 109 cm³/mol. The summed E-state index contributed by atoms with van der Waals surface area (Å²) in [6.07, 6.45) is 5.37. The van der Waals surface area contributed by atoms with Crippen LogP contribution in [0.15, 0.2) is 24.3 Å². The highest BCUT2D eigenvalue weighted by Crippen LogP contribution is 2.19. The van der Waals surface area contributed by atoms with Gasteiger partial charge in [-0.1, -0.05) is 44.7 Å². The lowest BCUT2D eigenvalue weighted by molar-refractivity contribution is -0.161. The molecule has 164 valence electrons. The Bertz CT molecular complexity index is 734. The molecule has 1 heterocycles. The van der Waals surface area contributed by atoms with Crippen LogP contribution in [0.5, 0.6) is 5.75 Å². The summed E-state index contributed by atoms with van der Waals surface area (Å²) >= 11 is 0. The number of amides is 2. The van der Waals surface area contributed by atoms with Crippen LogP contribution in [0.2, 0.25) is 0 Å². The minimum absolute atomic E-state index is 0.0830. The zero-order chi connectivity index (χ0) is 21.9. The number of hydrogen-bond donors (Lipinski definition) is 0. The van der Waals surface area contributed by atoms with Crippen LogP contribution in [-0.4, -0.2) is 60.3 Å². The fraction of sp³-hybridized carbons (Fsp3) is 0.545. The second kappa shape index (κ2) is 11.9. The summed E-state index contributed by atoms with van der Waals surface area (Å²) in [5, 5.41) is 0. The van der Waals surface area contributed by atoms with Crippen LogP contribution in [-0.2, 0) is 30.5 Å². The number of ether oxygens (including phenoxy) is 2. The Morgan fingerprint density at radius 3 is 2.47 bits per heavy atom. The molecule has 0 radical (unpaired) electrons. The molecule has 2 amide bonds. The summed E-state index contributed by atoms with van der Waals surface area (Å²) in [6.45, 7) is 2.70. The molecule has 1 saturated heterocycles. The van der Waals surface area contributed by atoms with Crippen molar-refractivity contribution in [1.82, 2.24) is 9.80 Å². The van der Waals surface area contributed by atoms with Crippen LogP contribution in [0.25, 0.3) is 0 Å². The molecule has 1 atom stereocenters. The molecule has 1 aliphatic heterocycles. The van der Waals surface area contributed by atoms with E-state index in [-0.39, 0.29) is 31.4 Å². The average molecular weight is 418 g/mol. The maximum absolute atomic E-state index is 12.7. The van der Waals surface area contributed by atoms with Gasteiger partial charge in [-0.05, 0) is 24.1 Å². The van der Waals surface area contributed by atoms with Crippen molar-refractivity contribution >= 4 is 24.3 Å². The van der Waals surface area contributed by atoms with Gasteiger partial charge in [0.15, 0.2) is 0 Å². The number of nitrogens with zero attached hydrogens (tertiary/aromatic N) is 2. The van der Waals surface area contributed by atoms with Crippen molar-refractivity contribution in [2.24, 2.45) is 0 Å². The monoisotopic (exact) mass is 418 g/mol. The van der Waals surface area contributed by atoms with E-state index >= 15 is 0 Å². The second-order valence-electron chi connectivity index (χ2n) is 7.36. The topological polar surface area (TPSA) is 93.2 Å². The highest BCUT2D eigenvalue weighted by Gasteiger charge is 2.39. The van der Waals surface area contributed by atoms with Crippen molar-refractivity contribution in [3.8, 4) is 5.75 Å². The van der Waals surface area contributed by atoms with Crippen LogP contribution in [0.3, 0.4) is 0 Å². The second-order valence-corrected chi connectivity index (χ2v) is 7.36. The van der Waals surface area contributed by atoms with E-state index in [1.165, 1.54) is 12.0 Å². The van der Waals surface area contributed by atoms with Crippen LogP contribution in [0.1, 0.15) is 51.0 Å². The van der Waals surface area contributed by atoms with Crippen LogP contribution < -0.4 is 4.74 Å². The highest BCUT2D eigenvalue weighted by molar-refractivity contribution is 5.91. The van der Waals surface area contributed by atoms with E-state index in [2.05, 4.69) is 6.92 Å². The van der Waals surface area contributed by atoms with E-state index in [1.54, 1.807) is 29.2 Å². The number of methoxy groups -OCH3 is 1. The number of carbonyl (C=O) groups is 4. The maximum Gasteiger partial charge on any atom is 0.330 e. The van der Waals surface area contributed by atoms with Gasteiger partial charge in [0.25, 0.3) is 6.47 Å². The Hall–Kier alpha value is -2.90. The number of piperazine rings is 1. The number of benzene rings is 1. The first kappa shape index (κ1) is 23.4. The molecule has 0 unspecified atom stereocenters. The zero-order valence-corrected chi connectivity index (χ0v) is 17.7. The summed E-state index contributed by atoms with van der Waals surface area (Å²) in [5.74, 6) is -0.531. The number of carbonyl (C=O) groups excluding carboxylic acids is 4. The average Bonchev–Trinajstić information content (AvgIpc) is 2.75. The first-order valence-corrected chi connectivity index (χ1v) is 10.3. The molecular formula is C22H30N2O6. The van der Waals surface area contributed by atoms with Crippen molar-refractivity contribution in [1.29, 1.82) is 0 Å². The Morgan fingerprint density at radius 2 is 1.83 bits per heavy atom. The number of unbranched alkanes of at least 4 members (excludes halogenated alkanes) is 4. The predicted octanol–water partition coefficient (Wildman–Crippen LogP) is 2.29. The molecule has 0 N–H and O–H groups in total. The number of rotatable bonds is 11. The van der Waals surface area contributed by atoms with Gasteiger partial charge in [0.05, 0.1) is 13.7 Å². The van der Waals surface area contributed by atoms with Crippen LogP contribution in [0, 0.1) is 0 Å². The third-order valence-electron chi connectivity index (χ3n) is 5.20. The van der Waals surface area contributed by atoms with Gasteiger partial charge in [-0.3, -0.25) is 14.4 Å². The Kier molecular flexibility index (Phi) is 9.31. The van der Waals surface area contributed by atoms with Gasteiger partial charge in [-0.25, -0.2) is 4.79 Å². The summed E-state index contributed by atoms with van der Waals surface area (Å²) in [5.41, 5.74) is 0.820. The maximum atomic E-state index is 12.7. The fourth-order valence-corrected chi connectivity index (χ4v) is 3.49.